The van der Waals surface area contributed by atoms with Crippen LogP contribution >= 0.6 is 0 Å². The molecule has 0 radical (unpaired) electrons. The highest BCUT2D eigenvalue weighted by Crippen LogP contribution is 2.45. The van der Waals surface area contributed by atoms with Crippen LogP contribution in [0.3, 0.4) is 0 Å². The van der Waals surface area contributed by atoms with Gasteiger partial charge in [-0.2, -0.15) is 0 Å². The van der Waals surface area contributed by atoms with E-state index in [0.717, 1.165) is 89.0 Å². The Morgan fingerprint density at radius 3 is 1.50 bits per heavy atom. The van der Waals surface area contributed by atoms with E-state index in [0.29, 0.717) is 5.82 Å². The molecule has 12 rings (SSSR count). The lowest BCUT2D eigenvalue weighted by atomic mass is 9.92. The van der Waals surface area contributed by atoms with Crippen LogP contribution in [0.4, 0.5) is 0 Å². The molecule has 0 saturated carbocycles. The van der Waals surface area contributed by atoms with E-state index in [1.54, 1.807) is 0 Å². The summed E-state index contributed by atoms with van der Waals surface area (Å²) in [5, 5.41) is 4.59. The average Bonchev–Trinajstić information content (AvgIpc) is 3.89. The summed E-state index contributed by atoms with van der Waals surface area (Å²) in [5.41, 5.74) is 16.4. The van der Waals surface area contributed by atoms with E-state index in [9.17, 15) is 0 Å². The Hall–Kier alpha value is -8.34. The van der Waals surface area contributed by atoms with Crippen LogP contribution in [0.25, 0.3) is 117 Å². The normalized spacial score (nSPS) is 11.5. The quantitative estimate of drug-likeness (QED) is 0.161. The molecular formula is C58H37N3O. The zero-order valence-electron chi connectivity index (χ0n) is 33.6. The summed E-state index contributed by atoms with van der Waals surface area (Å²) in [6, 6.07) is 79.3. The summed E-state index contributed by atoms with van der Waals surface area (Å²) in [6.45, 7) is 0. The first kappa shape index (κ1) is 35.6. The average molecular weight is 792 g/mol. The van der Waals surface area contributed by atoms with E-state index in [1.807, 2.05) is 18.2 Å². The number of furan rings is 1. The van der Waals surface area contributed by atoms with Gasteiger partial charge >= 0.3 is 0 Å². The predicted octanol–water partition coefficient (Wildman–Crippen LogP) is 15.5. The third-order valence-electron chi connectivity index (χ3n) is 12.0. The maximum Gasteiger partial charge on any atom is 0.160 e. The maximum absolute atomic E-state index is 6.37. The second kappa shape index (κ2) is 14.7. The molecule has 0 spiro atoms. The molecule has 0 aliphatic carbocycles. The van der Waals surface area contributed by atoms with Crippen molar-refractivity contribution in [2.24, 2.45) is 0 Å². The lowest BCUT2D eigenvalue weighted by Gasteiger charge is -2.21. The minimum atomic E-state index is 0.640. The highest BCUT2D eigenvalue weighted by molar-refractivity contribution is 6.12. The summed E-state index contributed by atoms with van der Waals surface area (Å²) in [7, 11) is 0. The Morgan fingerprint density at radius 1 is 0.306 bits per heavy atom. The van der Waals surface area contributed by atoms with Gasteiger partial charge in [0.2, 0.25) is 0 Å². The Kier molecular flexibility index (Phi) is 8.46. The molecule has 4 nitrogen and oxygen atoms in total. The highest BCUT2D eigenvalue weighted by Gasteiger charge is 2.23. The van der Waals surface area contributed by atoms with Crippen LogP contribution in [0.5, 0.6) is 0 Å². The summed E-state index contributed by atoms with van der Waals surface area (Å²) in [6.07, 6.45) is 0. The molecule has 0 N–H and O–H groups in total. The number of aromatic nitrogens is 3. The molecule has 0 atom stereocenters. The fourth-order valence-corrected chi connectivity index (χ4v) is 9.07. The second-order valence-electron chi connectivity index (χ2n) is 15.7. The summed E-state index contributed by atoms with van der Waals surface area (Å²) in [5.74, 6) is 0.640. The van der Waals surface area contributed by atoms with E-state index in [-0.39, 0.29) is 0 Å². The van der Waals surface area contributed by atoms with Crippen molar-refractivity contribution in [3.05, 3.63) is 224 Å². The Bertz CT molecular complexity index is 3550. The van der Waals surface area contributed by atoms with Gasteiger partial charge in [0.1, 0.15) is 11.2 Å². The minimum Gasteiger partial charge on any atom is -0.456 e. The van der Waals surface area contributed by atoms with Crippen molar-refractivity contribution in [2.45, 2.75) is 0 Å². The third kappa shape index (κ3) is 6.08. The standard InChI is InChI=1S/C58H37N3O/c1-5-17-38(18-6-1)42-30-32-54-50(33-42)45-25-13-15-27-53(45)61(54)57-48(39-19-7-2-8-20-39)34-44(35-49(57)40-21-9-3-10-22-40)58-59-51(41-23-11-4-12-24-41)37-52(60-58)43-29-31-47-46-26-14-16-28-55(46)62-56(47)36-43/h1-37H. The largest absolute Gasteiger partial charge is 0.456 e. The number of hydrogen-bond donors (Lipinski definition) is 0. The van der Waals surface area contributed by atoms with Gasteiger partial charge in [0.15, 0.2) is 5.82 Å². The van der Waals surface area contributed by atoms with Crippen LogP contribution in [-0.4, -0.2) is 14.5 Å². The lowest BCUT2D eigenvalue weighted by molar-refractivity contribution is 0.669. The van der Waals surface area contributed by atoms with Gasteiger partial charge < -0.3 is 8.98 Å². The zero-order valence-corrected chi connectivity index (χ0v) is 33.6. The number of nitrogens with zero attached hydrogens (tertiary/aromatic N) is 3. The highest BCUT2D eigenvalue weighted by atomic mass is 16.3. The molecule has 290 valence electrons. The van der Waals surface area contributed by atoms with Crippen LogP contribution < -0.4 is 0 Å². The molecule has 3 heterocycles. The first-order valence-corrected chi connectivity index (χ1v) is 21.0. The Labute approximate surface area is 358 Å². The molecule has 0 bridgehead atoms. The number of hydrogen-bond acceptors (Lipinski definition) is 3. The van der Waals surface area contributed by atoms with Crippen LogP contribution in [0.2, 0.25) is 0 Å². The number of para-hydroxylation sites is 2. The first-order valence-electron chi connectivity index (χ1n) is 21.0. The molecule has 9 aromatic carbocycles. The van der Waals surface area contributed by atoms with Gasteiger partial charge in [-0.05, 0) is 76.9 Å². The van der Waals surface area contributed by atoms with Gasteiger partial charge in [0.25, 0.3) is 0 Å². The summed E-state index contributed by atoms with van der Waals surface area (Å²) < 4.78 is 8.83. The van der Waals surface area contributed by atoms with Crippen molar-refractivity contribution in [1.82, 2.24) is 14.5 Å². The van der Waals surface area contributed by atoms with Crippen molar-refractivity contribution in [2.75, 3.05) is 0 Å². The molecule has 12 aromatic rings. The molecule has 4 heteroatoms. The van der Waals surface area contributed by atoms with E-state index in [1.165, 1.54) is 21.9 Å². The monoisotopic (exact) mass is 791 g/mol. The molecular weight excluding hydrogens is 755 g/mol. The Balaban J connectivity index is 1.14. The van der Waals surface area contributed by atoms with Gasteiger partial charge in [-0.25, -0.2) is 9.97 Å². The molecule has 0 saturated heterocycles. The number of benzene rings is 9. The second-order valence-corrected chi connectivity index (χ2v) is 15.7. The number of rotatable bonds is 7. The van der Waals surface area contributed by atoms with Crippen LogP contribution in [-0.2, 0) is 0 Å². The van der Waals surface area contributed by atoms with Crippen molar-refractivity contribution < 1.29 is 4.42 Å². The van der Waals surface area contributed by atoms with E-state index in [2.05, 4.69) is 211 Å². The third-order valence-corrected chi connectivity index (χ3v) is 12.0. The van der Waals surface area contributed by atoms with Crippen molar-refractivity contribution in [3.8, 4) is 73.0 Å². The van der Waals surface area contributed by atoms with Gasteiger partial charge in [-0.1, -0.05) is 170 Å². The molecule has 0 aliphatic heterocycles. The maximum atomic E-state index is 6.37. The molecule has 62 heavy (non-hydrogen) atoms. The van der Waals surface area contributed by atoms with Gasteiger partial charge in [0.05, 0.1) is 28.1 Å². The predicted molar refractivity (Wildman–Crippen MR) is 256 cm³/mol. The minimum absolute atomic E-state index is 0.640. The van der Waals surface area contributed by atoms with Crippen molar-refractivity contribution in [1.29, 1.82) is 0 Å². The van der Waals surface area contributed by atoms with E-state index in [4.69, 9.17) is 14.4 Å². The molecule has 0 unspecified atom stereocenters. The van der Waals surface area contributed by atoms with Gasteiger partial charge in [0, 0.05) is 49.4 Å². The Morgan fingerprint density at radius 2 is 0.823 bits per heavy atom. The van der Waals surface area contributed by atoms with Crippen LogP contribution in [0.15, 0.2) is 229 Å². The smallest absolute Gasteiger partial charge is 0.160 e. The lowest BCUT2D eigenvalue weighted by Crippen LogP contribution is -2.03. The van der Waals surface area contributed by atoms with E-state index >= 15 is 0 Å². The molecule has 0 amide bonds. The fourth-order valence-electron chi connectivity index (χ4n) is 9.07. The van der Waals surface area contributed by atoms with Crippen molar-refractivity contribution >= 4 is 43.7 Å². The molecule has 0 aliphatic rings. The zero-order chi connectivity index (χ0) is 41.0. The topological polar surface area (TPSA) is 43.9 Å². The molecule has 3 aromatic heterocycles. The van der Waals surface area contributed by atoms with Gasteiger partial charge in [-0.15, -0.1) is 0 Å². The van der Waals surface area contributed by atoms with Crippen LogP contribution in [0.1, 0.15) is 0 Å². The summed E-state index contributed by atoms with van der Waals surface area (Å²) in [4.78, 5) is 10.8. The summed E-state index contributed by atoms with van der Waals surface area (Å²) >= 11 is 0. The first-order chi connectivity index (χ1) is 30.7. The number of fused-ring (bicyclic) bond motifs is 6. The van der Waals surface area contributed by atoms with Crippen molar-refractivity contribution in [3.63, 3.8) is 0 Å². The van der Waals surface area contributed by atoms with Crippen LogP contribution in [0, 0.1) is 0 Å². The SMILES string of the molecule is c1ccc(-c2ccc3c(c2)c2ccccc2n3-c2c(-c3ccccc3)cc(-c3nc(-c4ccccc4)cc(-c4ccc5c(c4)oc4ccccc45)n3)cc2-c2ccccc2)cc1. The molecule has 0 fully saturated rings. The van der Waals surface area contributed by atoms with Gasteiger partial charge in [-0.3, -0.25) is 0 Å². The fraction of sp³-hybridized carbons (Fsp3) is 0. The van der Waals surface area contributed by atoms with E-state index < -0.39 is 0 Å².